The van der Waals surface area contributed by atoms with E-state index >= 15 is 0 Å². The molecule has 31 heavy (non-hydrogen) atoms. The Morgan fingerprint density at radius 1 is 1.23 bits per heavy atom. The van der Waals surface area contributed by atoms with Gasteiger partial charge in [0.25, 0.3) is 11.1 Å². The molecule has 1 amide bonds. The van der Waals surface area contributed by atoms with Gasteiger partial charge in [0, 0.05) is 38.1 Å². The Labute approximate surface area is 182 Å². The molecule has 2 aromatic rings. The van der Waals surface area contributed by atoms with Crippen molar-refractivity contribution in [2.45, 2.75) is 32.9 Å². The molecule has 1 aromatic heterocycles. The number of benzene rings is 1. The predicted molar refractivity (Wildman–Crippen MR) is 121 cm³/mol. The third-order valence-corrected chi connectivity index (χ3v) is 5.17. The molecule has 0 fully saturated rings. The molecule has 10 nitrogen and oxygen atoms in total. The summed E-state index contributed by atoms with van der Waals surface area (Å²) in [6, 6.07) is 4.97. The molecule has 168 valence electrons. The summed E-state index contributed by atoms with van der Waals surface area (Å²) in [6.07, 6.45) is 0.991. The highest BCUT2D eigenvalue weighted by atomic mass is 32.2. The molecular weight excluding hydrogens is 420 g/mol. The zero-order chi connectivity index (χ0) is 23.6. The highest BCUT2D eigenvalue weighted by molar-refractivity contribution is 7.90. The first-order chi connectivity index (χ1) is 14.3. The highest BCUT2D eigenvalue weighted by Gasteiger charge is 2.25. The summed E-state index contributed by atoms with van der Waals surface area (Å²) >= 11 is 0. The lowest BCUT2D eigenvalue weighted by molar-refractivity contribution is 0.0963. The molecule has 0 aliphatic heterocycles. The maximum absolute atomic E-state index is 12.2. The highest BCUT2D eigenvalue weighted by Crippen LogP contribution is 2.37. The van der Waals surface area contributed by atoms with E-state index in [9.17, 15) is 18.1 Å². The first kappa shape index (κ1) is 24.2. The second kappa shape index (κ2) is 8.96. The van der Waals surface area contributed by atoms with Crippen LogP contribution in [0.25, 0.3) is 0 Å². The van der Waals surface area contributed by atoms with E-state index in [1.54, 1.807) is 37.1 Å². The SMILES string of the molecule is CNC(=O)c1ccc(C)c(Nc2nc(S(C)(=O)=O)nc(N(C)CC(C)(C)C)c2N=O)c1. The monoisotopic (exact) mass is 448 g/mol. The van der Waals surface area contributed by atoms with Gasteiger partial charge in [0.15, 0.2) is 17.3 Å². The second-order valence-electron chi connectivity index (χ2n) is 8.54. The van der Waals surface area contributed by atoms with Crippen LogP contribution in [0, 0.1) is 17.2 Å². The van der Waals surface area contributed by atoms with Gasteiger partial charge >= 0.3 is 0 Å². The van der Waals surface area contributed by atoms with E-state index in [1.165, 1.54) is 7.05 Å². The summed E-state index contributed by atoms with van der Waals surface area (Å²) in [5.41, 5.74) is 1.35. The predicted octanol–water partition coefficient (Wildman–Crippen LogP) is 3.17. The molecule has 0 spiro atoms. The number of anilines is 3. The van der Waals surface area contributed by atoms with Gasteiger partial charge in [-0.25, -0.2) is 8.42 Å². The first-order valence-corrected chi connectivity index (χ1v) is 11.4. The van der Waals surface area contributed by atoms with Crippen molar-refractivity contribution in [1.82, 2.24) is 15.3 Å². The topological polar surface area (TPSA) is 134 Å². The van der Waals surface area contributed by atoms with Crippen LogP contribution < -0.4 is 15.5 Å². The molecule has 0 saturated carbocycles. The van der Waals surface area contributed by atoms with Crippen molar-refractivity contribution in [2.24, 2.45) is 10.6 Å². The van der Waals surface area contributed by atoms with Gasteiger partial charge in [-0.05, 0) is 35.2 Å². The number of rotatable bonds is 7. The second-order valence-corrected chi connectivity index (χ2v) is 10.5. The van der Waals surface area contributed by atoms with Crippen LogP contribution in [0.4, 0.5) is 23.0 Å². The fraction of sp³-hybridized carbons (Fsp3) is 0.450. The molecule has 0 aliphatic carbocycles. The van der Waals surface area contributed by atoms with Gasteiger partial charge in [0.1, 0.15) is 0 Å². The van der Waals surface area contributed by atoms with Crippen molar-refractivity contribution < 1.29 is 13.2 Å². The number of sulfone groups is 1. The van der Waals surface area contributed by atoms with Crippen molar-refractivity contribution in [1.29, 1.82) is 0 Å². The Hall–Kier alpha value is -3.08. The van der Waals surface area contributed by atoms with Crippen LogP contribution in [0.1, 0.15) is 36.7 Å². The number of nitrogens with one attached hydrogen (secondary N) is 2. The van der Waals surface area contributed by atoms with Crippen LogP contribution in [0.2, 0.25) is 0 Å². The molecule has 0 bridgehead atoms. The van der Waals surface area contributed by atoms with Crippen molar-refractivity contribution in [3.8, 4) is 0 Å². The van der Waals surface area contributed by atoms with Crippen molar-refractivity contribution >= 4 is 38.8 Å². The third kappa shape index (κ3) is 5.97. The van der Waals surface area contributed by atoms with Gasteiger partial charge in [-0.1, -0.05) is 26.8 Å². The number of hydrogen-bond donors (Lipinski definition) is 2. The fourth-order valence-corrected chi connectivity index (χ4v) is 3.49. The van der Waals surface area contributed by atoms with Crippen molar-refractivity contribution in [3.63, 3.8) is 0 Å². The summed E-state index contributed by atoms with van der Waals surface area (Å²) in [7, 11) is -0.553. The average Bonchev–Trinajstić information content (AvgIpc) is 2.66. The summed E-state index contributed by atoms with van der Waals surface area (Å²) < 4.78 is 24.4. The number of carbonyl (C=O) groups is 1. The molecule has 1 heterocycles. The lowest BCUT2D eigenvalue weighted by Crippen LogP contribution is -2.30. The molecular formula is C20H28N6O4S. The molecule has 0 aliphatic rings. The summed E-state index contributed by atoms with van der Waals surface area (Å²) in [5.74, 6) is -0.247. The van der Waals surface area contributed by atoms with Crippen LogP contribution in [-0.2, 0) is 9.84 Å². The maximum atomic E-state index is 12.2. The Bertz CT molecular complexity index is 1110. The maximum Gasteiger partial charge on any atom is 0.251 e. The smallest absolute Gasteiger partial charge is 0.251 e. The number of aryl methyl sites for hydroxylation is 1. The Balaban J connectivity index is 2.68. The van der Waals surface area contributed by atoms with Crippen LogP contribution in [-0.4, -0.2) is 51.2 Å². The van der Waals surface area contributed by atoms with E-state index in [1.807, 2.05) is 20.8 Å². The fourth-order valence-electron chi connectivity index (χ4n) is 2.98. The number of nitrogens with zero attached hydrogens (tertiary/aromatic N) is 4. The number of aromatic nitrogens is 2. The van der Waals surface area contributed by atoms with Gasteiger partial charge in [-0.15, -0.1) is 4.91 Å². The molecule has 0 atom stereocenters. The molecule has 1 aromatic carbocycles. The lowest BCUT2D eigenvalue weighted by Gasteiger charge is -2.28. The number of carbonyl (C=O) groups excluding carboxylic acids is 1. The minimum absolute atomic E-state index is 0.0571. The number of nitroso groups, excluding NO2 is 1. The number of hydrogen-bond acceptors (Lipinski definition) is 9. The molecule has 2 rings (SSSR count). The molecule has 0 saturated heterocycles. The molecule has 0 radical (unpaired) electrons. The standard InChI is InChI=1S/C20H28N6O4S/c1-12-8-9-13(18(27)21-5)10-14(12)22-16-15(25-28)17(26(6)11-20(2,3)4)24-19(23-16)31(7,29)30/h8-10H,11H2,1-7H3,(H,21,27)(H,22,23,24). The molecule has 11 heteroatoms. The summed E-state index contributed by atoms with van der Waals surface area (Å²) in [4.78, 5) is 33.6. The van der Waals surface area contributed by atoms with Gasteiger partial charge in [-0.3, -0.25) is 4.79 Å². The Morgan fingerprint density at radius 3 is 2.39 bits per heavy atom. The van der Waals surface area contributed by atoms with Crippen LogP contribution in [0.5, 0.6) is 0 Å². The van der Waals surface area contributed by atoms with Gasteiger partial charge < -0.3 is 15.5 Å². The van der Waals surface area contributed by atoms with E-state index < -0.39 is 15.0 Å². The molecule has 0 unspecified atom stereocenters. The quantitative estimate of drug-likeness (QED) is 0.487. The van der Waals surface area contributed by atoms with Gasteiger partial charge in [-0.2, -0.15) is 9.97 Å². The van der Waals surface area contributed by atoms with Crippen molar-refractivity contribution in [2.75, 3.05) is 37.1 Å². The Morgan fingerprint density at radius 2 is 1.87 bits per heavy atom. The number of amides is 1. The van der Waals surface area contributed by atoms with Crippen molar-refractivity contribution in [3.05, 3.63) is 34.2 Å². The average molecular weight is 449 g/mol. The van der Waals surface area contributed by atoms with Gasteiger partial charge in [0.2, 0.25) is 9.84 Å². The largest absolute Gasteiger partial charge is 0.357 e. The van der Waals surface area contributed by atoms with E-state index in [0.29, 0.717) is 17.8 Å². The van der Waals surface area contributed by atoms with E-state index in [0.717, 1.165) is 11.8 Å². The minimum atomic E-state index is -3.77. The lowest BCUT2D eigenvalue weighted by atomic mass is 9.96. The van der Waals surface area contributed by atoms with Crippen LogP contribution >= 0.6 is 0 Å². The summed E-state index contributed by atoms with van der Waals surface area (Å²) in [6.45, 7) is 8.30. The van der Waals surface area contributed by atoms with E-state index in [-0.39, 0.29) is 28.6 Å². The molecule has 2 N–H and O–H groups in total. The Kier molecular flexibility index (Phi) is 6.99. The van der Waals surface area contributed by atoms with E-state index in [2.05, 4.69) is 25.8 Å². The normalized spacial score (nSPS) is 11.7. The summed E-state index contributed by atoms with van der Waals surface area (Å²) in [5, 5.41) is 8.17. The zero-order valence-corrected chi connectivity index (χ0v) is 19.6. The van der Waals surface area contributed by atoms with Crippen LogP contribution in [0.15, 0.2) is 28.5 Å². The van der Waals surface area contributed by atoms with Crippen LogP contribution in [0.3, 0.4) is 0 Å². The third-order valence-electron chi connectivity index (χ3n) is 4.32. The zero-order valence-electron chi connectivity index (χ0n) is 18.8. The van der Waals surface area contributed by atoms with E-state index in [4.69, 9.17) is 0 Å². The van der Waals surface area contributed by atoms with Gasteiger partial charge in [0.05, 0.1) is 0 Å². The first-order valence-electron chi connectivity index (χ1n) is 9.53. The minimum Gasteiger partial charge on any atom is -0.357 e.